The number of hydrogen-bond donors (Lipinski definition) is 0. The second-order valence-corrected chi connectivity index (χ2v) is 9.59. The van der Waals surface area contributed by atoms with Crippen LogP contribution in [0.3, 0.4) is 0 Å². The van der Waals surface area contributed by atoms with Crippen LogP contribution in [0.15, 0.2) is 55.3 Å². The maximum absolute atomic E-state index is 9.84. The fourth-order valence-corrected chi connectivity index (χ4v) is 4.96. The molecule has 1 aliphatic carbocycles. The zero-order valence-electron chi connectivity index (χ0n) is 19.4. The Balaban J connectivity index is 1.57. The minimum atomic E-state index is -0.0940. The minimum Gasteiger partial charge on any atom is -0.256 e. The molecule has 0 saturated heterocycles. The van der Waals surface area contributed by atoms with Gasteiger partial charge in [-0.15, -0.1) is 6.58 Å². The maximum Gasteiger partial charge on any atom is 0.0702 e. The molecule has 1 aromatic carbocycles. The Hall–Kier alpha value is -2.40. The number of nitriles is 1. The molecular formula is C29H38N2. The molecule has 0 N–H and O–H groups in total. The van der Waals surface area contributed by atoms with E-state index >= 15 is 0 Å². The molecule has 164 valence electrons. The molecule has 0 spiro atoms. The van der Waals surface area contributed by atoms with Gasteiger partial charge in [0.2, 0.25) is 0 Å². The summed E-state index contributed by atoms with van der Waals surface area (Å²) >= 11 is 0. The SMILES string of the molecule is C=CCCCCc1ccc(-c2ccc(C3CCC(C#N)(CC(C)CC)CC3)cc2)nc1. The van der Waals surface area contributed by atoms with E-state index in [-0.39, 0.29) is 5.41 Å². The first kappa shape index (κ1) is 23.3. The summed E-state index contributed by atoms with van der Waals surface area (Å²) < 4.78 is 0. The van der Waals surface area contributed by atoms with E-state index in [1.54, 1.807) is 0 Å². The fourth-order valence-electron chi connectivity index (χ4n) is 4.96. The van der Waals surface area contributed by atoms with Crippen molar-refractivity contribution >= 4 is 0 Å². The smallest absolute Gasteiger partial charge is 0.0702 e. The van der Waals surface area contributed by atoms with Crippen LogP contribution in [-0.2, 0) is 6.42 Å². The predicted octanol–water partition coefficient (Wildman–Crippen LogP) is 8.25. The lowest BCUT2D eigenvalue weighted by atomic mass is 9.66. The average molecular weight is 415 g/mol. The van der Waals surface area contributed by atoms with Crippen molar-refractivity contribution in [3.05, 3.63) is 66.4 Å². The third-order valence-corrected chi connectivity index (χ3v) is 7.24. The number of aryl methyl sites for hydroxylation is 1. The monoisotopic (exact) mass is 414 g/mol. The Morgan fingerprint density at radius 1 is 1.16 bits per heavy atom. The van der Waals surface area contributed by atoms with E-state index < -0.39 is 0 Å². The average Bonchev–Trinajstić information content (AvgIpc) is 2.83. The summed E-state index contributed by atoms with van der Waals surface area (Å²) in [6.07, 6.45) is 15.1. The molecule has 1 unspecified atom stereocenters. The molecule has 1 aliphatic rings. The zero-order chi connectivity index (χ0) is 22.1. The molecule has 0 bridgehead atoms. The van der Waals surface area contributed by atoms with Crippen molar-refractivity contribution in [2.45, 2.75) is 84.0 Å². The highest BCUT2D eigenvalue weighted by Crippen LogP contribution is 2.46. The molecule has 1 atom stereocenters. The Morgan fingerprint density at radius 3 is 2.48 bits per heavy atom. The number of allylic oxidation sites excluding steroid dienone is 1. The third kappa shape index (κ3) is 6.30. The number of rotatable bonds is 10. The van der Waals surface area contributed by atoms with Gasteiger partial charge in [0.05, 0.1) is 17.2 Å². The Kier molecular flexibility index (Phi) is 8.47. The van der Waals surface area contributed by atoms with Gasteiger partial charge >= 0.3 is 0 Å². The van der Waals surface area contributed by atoms with Gasteiger partial charge in [0.25, 0.3) is 0 Å². The number of nitrogens with zero attached hydrogens (tertiary/aromatic N) is 2. The Bertz CT molecular complexity index is 849. The quantitative estimate of drug-likeness (QED) is 0.290. The summed E-state index contributed by atoms with van der Waals surface area (Å²) in [5.41, 5.74) is 4.86. The van der Waals surface area contributed by atoms with Crippen LogP contribution < -0.4 is 0 Å². The van der Waals surface area contributed by atoms with E-state index in [0.29, 0.717) is 11.8 Å². The van der Waals surface area contributed by atoms with Gasteiger partial charge in [0, 0.05) is 11.8 Å². The summed E-state index contributed by atoms with van der Waals surface area (Å²) in [6.45, 7) is 8.30. The van der Waals surface area contributed by atoms with Crippen molar-refractivity contribution in [2.24, 2.45) is 11.3 Å². The van der Waals surface area contributed by atoms with Gasteiger partial charge in [-0.1, -0.05) is 56.7 Å². The van der Waals surface area contributed by atoms with E-state index in [1.165, 1.54) is 36.0 Å². The Morgan fingerprint density at radius 2 is 1.90 bits per heavy atom. The minimum absolute atomic E-state index is 0.0940. The number of hydrogen-bond acceptors (Lipinski definition) is 2. The second-order valence-electron chi connectivity index (χ2n) is 9.59. The second kappa shape index (κ2) is 11.3. The van der Waals surface area contributed by atoms with E-state index in [4.69, 9.17) is 4.98 Å². The van der Waals surface area contributed by atoms with Crippen molar-refractivity contribution in [3.63, 3.8) is 0 Å². The van der Waals surface area contributed by atoms with Crippen LogP contribution in [0.5, 0.6) is 0 Å². The van der Waals surface area contributed by atoms with Crippen LogP contribution >= 0.6 is 0 Å². The highest BCUT2D eigenvalue weighted by Gasteiger charge is 2.36. The van der Waals surface area contributed by atoms with Crippen LogP contribution in [0.2, 0.25) is 0 Å². The predicted molar refractivity (Wildman–Crippen MR) is 131 cm³/mol. The molecular weight excluding hydrogens is 376 g/mol. The van der Waals surface area contributed by atoms with Crippen molar-refractivity contribution in [1.29, 1.82) is 5.26 Å². The lowest BCUT2D eigenvalue weighted by molar-refractivity contribution is 0.198. The van der Waals surface area contributed by atoms with Gasteiger partial charge in [0.15, 0.2) is 0 Å². The molecule has 0 amide bonds. The number of pyridine rings is 1. The maximum atomic E-state index is 9.84. The van der Waals surface area contributed by atoms with Gasteiger partial charge in [0.1, 0.15) is 0 Å². The topological polar surface area (TPSA) is 36.7 Å². The summed E-state index contributed by atoms with van der Waals surface area (Å²) in [7, 11) is 0. The highest BCUT2D eigenvalue weighted by atomic mass is 14.7. The van der Waals surface area contributed by atoms with Crippen molar-refractivity contribution in [2.75, 3.05) is 0 Å². The van der Waals surface area contributed by atoms with E-state index in [2.05, 4.69) is 62.9 Å². The molecule has 1 saturated carbocycles. The first-order valence-corrected chi connectivity index (χ1v) is 12.2. The highest BCUT2D eigenvalue weighted by molar-refractivity contribution is 5.59. The van der Waals surface area contributed by atoms with Crippen LogP contribution in [0.4, 0.5) is 0 Å². The van der Waals surface area contributed by atoms with Crippen LogP contribution in [0.1, 0.15) is 88.7 Å². The van der Waals surface area contributed by atoms with Crippen molar-refractivity contribution in [1.82, 2.24) is 4.98 Å². The molecule has 2 nitrogen and oxygen atoms in total. The summed E-state index contributed by atoms with van der Waals surface area (Å²) in [6, 6.07) is 16.0. The van der Waals surface area contributed by atoms with E-state index in [9.17, 15) is 5.26 Å². The lowest BCUT2D eigenvalue weighted by Gasteiger charge is -2.36. The van der Waals surface area contributed by atoms with Gasteiger partial charge in [-0.2, -0.15) is 5.26 Å². The zero-order valence-corrected chi connectivity index (χ0v) is 19.4. The van der Waals surface area contributed by atoms with Crippen LogP contribution in [0, 0.1) is 22.7 Å². The van der Waals surface area contributed by atoms with Crippen molar-refractivity contribution in [3.8, 4) is 17.3 Å². The summed E-state index contributed by atoms with van der Waals surface area (Å²) in [5.74, 6) is 1.22. The normalized spacial score (nSPS) is 21.9. The van der Waals surface area contributed by atoms with Gasteiger partial charge in [-0.3, -0.25) is 4.98 Å². The standard InChI is InChI=1S/C29H38N2/c1-4-6-7-8-9-24-10-15-28(31-21-24)27-13-11-25(12-14-27)26-16-18-29(22-30,19-17-26)20-23(3)5-2/h4,10-15,21,23,26H,1,5-9,16-20H2,2-3H3. The van der Waals surface area contributed by atoms with Gasteiger partial charge in [-0.05, 0) is 86.8 Å². The van der Waals surface area contributed by atoms with E-state index in [1.807, 2.05) is 12.3 Å². The lowest BCUT2D eigenvalue weighted by Crippen LogP contribution is -2.27. The summed E-state index contributed by atoms with van der Waals surface area (Å²) in [5, 5.41) is 9.84. The van der Waals surface area contributed by atoms with Crippen LogP contribution in [0.25, 0.3) is 11.3 Å². The fraction of sp³-hybridized carbons (Fsp3) is 0.517. The molecule has 3 rings (SSSR count). The van der Waals surface area contributed by atoms with E-state index in [0.717, 1.165) is 50.6 Å². The molecule has 31 heavy (non-hydrogen) atoms. The molecule has 0 aliphatic heterocycles. The molecule has 2 heteroatoms. The third-order valence-electron chi connectivity index (χ3n) is 7.24. The molecule has 1 aromatic heterocycles. The number of benzene rings is 1. The number of aromatic nitrogens is 1. The molecule has 0 radical (unpaired) electrons. The largest absolute Gasteiger partial charge is 0.256 e. The van der Waals surface area contributed by atoms with Gasteiger partial charge in [-0.25, -0.2) is 0 Å². The molecule has 1 fully saturated rings. The number of unbranched alkanes of at least 4 members (excludes halogenated alkanes) is 2. The van der Waals surface area contributed by atoms with Crippen molar-refractivity contribution < 1.29 is 0 Å². The summed E-state index contributed by atoms with van der Waals surface area (Å²) in [4.78, 5) is 4.70. The molecule has 1 heterocycles. The first-order chi connectivity index (χ1) is 15.1. The Labute approximate surface area is 189 Å². The molecule has 2 aromatic rings. The van der Waals surface area contributed by atoms with Gasteiger partial charge < -0.3 is 0 Å². The van der Waals surface area contributed by atoms with Crippen LogP contribution in [-0.4, -0.2) is 4.98 Å². The first-order valence-electron chi connectivity index (χ1n) is 12.2.